The van der Waals surface area contributed by atoms with E-state index >= 15 is 0 Å². The number of carbonyl (C=O) groups excluding carboxylic acids is 3. The number of carbonyl (C=O) groups is 3. The summed E-state index contributed by atoms with van der Waals surface area (Å²) < 4.78 is 5.86. The number of furan rings is 1. The van der Waals surface area contributed by atoms with E-state index < -0.39 is 17.9 Å². The van der Waals surface area contributed by atoms with Gasteiger partial charge in [-0.1, -0.05) is 30.3 Å². The summed E-state index contributed by atoms with van der Waals surface area (Å²) in [6, 6.07) is 14.9. The van der Waals surface area contributed by atoms with E-state index in [0.717, 1.165) is 15.9 Å². The minimum Gasteiger partial charge on any atom is -0.459 e. The summed E-state index contributed by atoms with van der Waals surface area (Å²) in [5.74, 6) is -0.563. The minimum absolute atomic E-state index is 0.331. The summed E-state index contributed by atoms with van der Waals surface area (Å²) >= 11 is 0. The number of rotatable bonds is 4. The molecule has 142 valence electrons. The molecule has 0 aliphatic carbocycles. The fourth-order valence-electron chi connectivity index (χ4n) is 3.55. The predicted molar refractivity (Wildman–Crippen MR) is 104 cm³/mol. The molecule has 1 aliphatic heterocycles. The van der Waals surface area contributed by atoms with E-state index in [4.69, 9.17) is 4.42 Å². The molecule has 0 saturated heterocycles. The summed E-state index contributed by atoms with van der Waals surface area (Å²) in [4.78, 5) is 40.9. The number of amides is 3. The molecule has 0 spiro atoms. The summed E-state index contributed by atoms with van der Waals surface area (Å²) in [5, 5.41) is 0.957. The average Bonchev–Trinajstić information content (AvgIpc) is 3.25. The molecule has 2 aromatic carbocycles. The van der Waals surface area contributed by atoms with Crippen LogP contribution in [0.3, 0.4) is 0 Å². The van der Waals surface area contributed by atoms with Crippen LogP contribution in [0.5, 0.6) is 0 Å². The van der Waals surface area contributed by atoms with Crippen molar-refractivity contribution in [1.82, 2.24) is 9.80 Å². The van der Waals surface area contributed by atoms with Gasteiger partial charge in [0.1, 0.15) is 17.4 Å². The maximum Gasteiger partial charge on any atom is 0.262 e. The highest BCUT2D eigenvalue weighted by molar-refractivity contribution is 6.22. The summed E-state index contributed by atoms with van der Waals surface area (Å²) in [6.45, 7) is 3.43. The van der Waals surface area contributed by atoms with Crippen molar-refractivity contribution in [3.05, 3.63) is 71.5 Å². The quantitative estimate of drug-likeness (QED) is 0.652. The fourth-order valence-corrected chi connectivity index (χ4v) is 3.55. The summed E-state index contributed by atoms with van der Waals surface area (Å²) in [5.41, 5.74) is 1.42. The van der Waals surface area contributed by atoms with Gasteiger partial charge in [0.05, 0.1) is 17.2 Å². The Morgan fingerprint density at radius 2 is 1.54 bits per heavy atom. The second-order valence-electron chi connectivity index (χ2n) is 7.01. The molecule has 0 radical (unpaired) electrons. The molecular weight excluding hydrogens is 356 g/mol. The zero-order chi connectivity index (χ0) is 20.0. The predicted octanol–water partition coefficient (Wildman–Crippen LogP) is 3.64. The van der Waals surface area contributed by atoms with E-state index in [2.05, 4.69) is 0 Å². The first-order chi connectivity index (χ1) is 13.4. The van der Waals surface area contributed by atoms with Gasteiger partial charge in [-0.25, -0.2) is 0 Å². The number of likely N-dealkylation sites (N-methyl/N-ethyl adjacent to an activating group) is 1. The zero-order valence-electron chi connectivity index (χ0n) is 15.9. The highest BCUT2D eigenvalue weighted by atomic mass is 16.3. The normalized spacial score (nSPS) is 15.6. The third-order valence-corrected chi connectivity index (χ3v) is 5.36. The first kappa shape index (κ1) is 18.0. The van der Waals surface area contributed by atoms with Gasteiger partial charge in [0.2, 0.25) is 5.91 Å². The highest BCUT2D eigenvalue weighted by Crippen LogP contribution is 2.29. The Morgan fingerprint density at radius 3 is 2.14 bits per heavy atom. The molecule has 0 bridgehead atoms. The SMILES string of the molecule is CC(c1cc2ccccc2o1)N(C)C(=O)C(C)N1C(=O)c2ccccc2C1=O. The lowest BCUT2D eigenvalue weighted by Gasteiger charge is -2.29. The van der Waals surface area contributed by atoms with Crippen LogP contribution in [0.25, 0.3) is 11.0 Å². The molecule has 6 nitrogen and oxygen atoms in total. The number of para-hydroxylation sites is 1. The maximum atomic E-state index is 13.0. The van der Waals surface area contributed by atoms with Crippen LogP contribution in [-0.2, 0) is 4.79 Å². The third-order valence-electron chi connectivity index (χ3n) is 5.36. The standard InChI is InChI=1S/C22H20N2O4/c1-13(19-12-15-8-4-7-11-18(15)28-19)23(3)20(25)14(2)24-21(26)16-9-5-6-10-17(16)22(24)27/h4-14H,1-3H3. The first-order valence-electron chi connectivity index (χ1n) is 9.12. The average molecular weight is 376 g/mol. The minimum atomic E-state index is -0.913. The molecule has 2 unspecified atom stereocenters. The Balaban J connectivity index is 1.57. The van der Waals surface area contributed by atoms with E-state index in [-0.39, 0.29) is 11.9 Å². The van der Waals surface area contributed by atoms with Crippen molar-refractivity contribution >= 4 is 28.7 Å². The second-order valence-corrected chi connectivity index (χ2v) is 7.01. The molecule has 0 fully saturated rings. The number of fused-ring (bicyclic) bond motifs is 2. The Hall–Kier alpha value is -3.41. The number of imide groups is 1. The van der Waals surface area contributed by atoms with Crippen LogP contribution in [0.15, 0.2) is 59.0 Å². The molecule has 3 amide bonds. The van der Waals surface area contributed by atoms with Crippen LogP contribution in [0.2, 0.25) is 0 Å². The summed E-state index contributed by atoms with van der Waals surface area (Å²) in [7, 11) is 1.65. The van der Waals surface area contributed by atoms with Crippen LogP contribution in [0.4, 0.5) is 0 Å². The van der Waals surface area contributed by atoms with Crippen molar-refractivity contribution in [2.45, 2.75) is 25.9 Å². The topological polar surface area (TPSA) is 70.8 Å². The van der Waals surface area contributed by atoms with Gasteiger partial charge in [0, 0.05) is 12.4 Å². The number of nitrogens with zero attached hydrogens (tertiary/aromatic N) is 2. The van der Waals surface area contributed by atoms with Crippen molar-refractivity contribution < 1.29 is 18.8 Å². The lowest BCUT2D eigenvalue weighted by atomic mass is 10.1. The van der Waals surface area contributed by atoms with Gasteiger partial charge in [-0.15, -0.1) is 0 Å². The van der Waals surface area contributed by atoms with Gasteiger partial charge in [-0.3, -0.25) is 19.3 Å². The molecule has 1 aromatic heterocycles. The van der Waals surface area contributed by atoms with Crippen molar-refractivity contribution in [2.75, 3.05) is 7.05 Å². The van der Waals surface area contributed by atoms with Gasteiger partial charge in [0.25, 0.3) is 11.8 Å². The van der Waals surface area contributed by atoms with E-state index in [0.29, 0.717) is 16.9 Å². The van der Waals surface area contributed by atoms with Gasteiger partial charge < -0.3 is 9.32 Å². The van der Waals surface area contributed by atoms with Crippen LogP contribution in [0, 0.1) is 0 Å². The maximum absolute atomic E-state index is 13.0. The van der Waals surface area contributed by atoms with Crippen molar-refractivity contribution in [2.24, 2.45) is 0 Å². The number of hydrogen-bond acceptors (Lipinski definition) is 4. The molecule has 2 heterocycles. The zero-order valence-corrected chi connectivity index (χ0v) is 15.9. The molecule has 3 aromatic rings. The molecule has 2 atom stereocenters. The Bertz CT molecular complexity index is 1030. The van der Waals surface area contributed by atoms with E-state index in [9.17, 15) is 14.4 Å². The van der Waals surface area contributed by atoms with Gasteiger partial charge in [-0.05, 0) is 38.1 Å². The lowest BCUT2D eigenvalue weighted by Crippen LogP contribution is -2.48. The van der Waals surface area contributed by atoms with Gasteiger partial charge in [0.15, 0.2) is 0 Å². The molecule has 6 heteroatoms. The monoisotopic (exact) mass is 376 g/mol. The van der Waals surface area contributed by atoms with Gasteiger partial charge >= 0.3 is 0 Å². The molecule has 0 saturated carbocycles. The smallest absolute Gasteiger partial charge is 0.262 e. The Morgan fingerprint density at radius 1 is 0.964 bits per heavy atom. The number of benzene rings is 2. The Labute approximate surface area is 162 Å². The van der Waals surface area contributed by atoms with Gasteiger partial charge in [-0.2, -0.15) is 0 Å². The van der Waals surface area contributed by atoms with Crippen molar-refractivity contribution in [1.29, 1.82) is 0 Å². The number of hydrogen-bond donors (Lipinski definition) is 0. The van der Waals surface area contributed by atoms with Crippen molar-refractivity contribution in [3.63, 3.8) is 0 Å². The molecular formula is C22H20N2O4. The van der Waals surface area contributed by atoms with E-state index in [1.807, 2.05) is 37.3 Å². The third kappa shape index (κ3) is 2.69. The Kier molecular flexibility index (Phi) is 4.26. The first-order valence-corrected chi connectivity index (χ1v) is 9.12. The largest absolute Gasteiger partial charge is 0.459 e. The molecule has 28 heavy (non-hydrogen) atoms. The van der Waals surface area contributed by atoms with Crippen LogP contribution in [0.1, 0.15) is 46.4 Å². The van der Waals surface area contributed by atoms with E-state index in [1.54, 1.807) is 38.2 Å². The molecule has 4 rings (SSSR count). The second kappa shape index (κ2) is 6.64. The molecule has 1 aliphatic rings. The lowest BCUT2D eigenvalue weighted by molar-refractivity contribution is -0.135. The fraction of sp³-hybridized carbons (Fsp3) is 0.227. The van der Waals surface area contributed by atoms with Crippen molar-refractivity contribution in [3.8, 4) is 0 Å². The summed E-state index contributed by atoms with van der Waals surface area (Å²) in [6.07, 6.45) is 0. The highest BCUT2D eigenvalue weighted by Gasteiger charge is 2.42. The van der Waals surface area contributed by atoms with Crippen LogP contribution >= 0.6 is 0 Å². The van der Waals surface area contributed by atoms with E-state index in [1.165, 1.54) is 4.90 Å². The van der Waals surface area contributed by atoms with Crippen LogP contribution in [-0.4, -0.2) is 40.6 Å². The molecule has 0 N–H and O–H groups in total. The van der Waals surface area contributed by atoms with Crippen LogP contribution < -0.4 is 0 Å².